The average Bonchev–Trinajstić information content (AvgIpc) is 2.80. The van der Waals surface area contributed by atoms with Gasteiger partial charge in [-0.3, -0.25) is 0 Å². The molecule has 0 fully saturated rings. The van der Waals surface area contributed by atoms with E-state index in [1.54, 1.807) is 0 Å². The van der Waals surface area contributed by atoms with E-state index in [4.69, 9.17) is 5.26 Å². The van der Waals surface area contributed by atoms with Crippen LogP contribution < -0.4 is 5.32 Å². The Morgan fingerprint density at radius 2 is 2.05 bits per heavy atom. The number of alkyl halides is 3. The lowest BCUT2D eigenvalue weighted by molar-refractivity contribution is -0.141. The van der Waals surface area contributed by atoms with Crippen molar-refractivity contribution in [3.05, 3.63) is 45.3 Å². The second-order valence-electron chi connectivity index (χ2n) is 4.07. The monoisotopic (exact) mass is 297 g/mol. The van der Waals surface area contributed by atoms with E-state index in [-0.39, 0.29) is 11.4 Å². The maximum atomic E-state index is 12.6. The maximum absolute atomic E-state index is 12.6. The van der Waals surface area contributed by atoms with Crippen molar-refractivity contribution in [2.45, 2.75) is 19.6 Å². The van der Waals surface area contributed by atoms with Crippen LogP contribution in [0.4, 0.5) is 19.0 Å². The van der Waals surface area contributed by atoms with Gasteiger partial charge in [-0.1, -0.05) is 0 Å². The van der Waals surface area contributed by atoms with Crippen molar-refractivity contribution < 1.29 is 13.2 Å². The Morgan fingerprint density at radius 3 is 2.60 bits per heavy atom. The minimum Gasteiger partial charge on any atom is -0.364 e. The van der Waals surface area contributed by atoms with Gasteiger partial charge in [0, 0.05) is 9.75 Å². The highest BCUT2D eigenvalue weighted by atomic mass is 32.1. The third-order valence-corrected chi connectivity index (χ3v) is 3.53. The standard InChI is InChI=1S/C13H10F3N3S/c1-8-2-4-10(20-8)7-18-12-9(6-17)3-5-11(19-12)13(14,15)16/h2-5H,7H2,1H3,(H,18,19). The molecule has 0 saturated heterocycles. The molecule has 0 aliphatic rings. The SMILES string of the molecule is Cc1ccc(CNc2nc(C(F)(F)F)ccc2C#N)s1. The fraction of sp³-hybridized carbons (Fsp3) is 0.231. The Balaban J connectivity index is 2.23. The highest BCUT2D eigenvalue weighted by Crippen LogP contribution is 2.29. The number of aromatic nitrogens is 1. The molecule has 0 aliphatic heterocycles. The fourth-order valence-electron chi connectivity index (χ4n) is 1.59. The first-order valence-corrected chi connectivity index (χ1v) is 6.49. The normalized spacial score (nSPS) is 11.2. The number of anilines is 1. The molecule has 7 heteroatoms. The quantitative estimate of drug-likeness (QED) is 0.933. The molecule has 20 heavy (non-hydrogen) atoms. The average molecular weight is 297 g/mol. The van der Waals surface area contributed by atoms with Crippen LogP contribution in [0.2, 0.25) is 0 Å². The molecule has 104 valence electrons. The zero-order chi connectivity index (χ0) is 14.8. The molecular weight excluding hydrogens is 287 g/mol. The Morgan fingerprint density at radius 1 is 1.30 bits per heavy atom. The molecule has 3 nitrogen and oxygen atoms in total. The molecule has 0 radical (unpaired) electrons. The van der Waals surface area contributed by atoms with E-state index < -0.39 is 11.9 Å². The van der Waals surface area contributed by atoms with E-state index in [9.17, 15) is 13.2 Å². The van der Waals surface area contributed by atoms with Gasteiger partial charge >= 0.3 is 6.18 Å². The number of nitrogens with zero attached hydrogens (tertiary/aromatic N) is 2. The number of nitriles is 1. The molecule has 2 rings (SSSR count). The summed E-state index contributed by atoms with van der Waals surface area (Å²) < 4.78 is 37.8. The minimum absolute atomic E-state index is 0.0478. The summed E-state index contributed by atoms with van der Waals surface area (Å²) in [5, 5.41) is 11.7. The number of rotatable bonds is 3. The van der Waals surface area contributed by atoms with Crippen molar-refractivity contribution in [3.8, 4) is 6.07 Å². The van der Waals surface area contributed by atoms with Crippen LogP contribution in [0.3, 0.4) is 0 Å². The molecule has 0 amide bonds. The van der Waals surface area contributed by atoms with Gasteiger partial charge in [0.05, 0.1) is 12.1 Å². The summed E-state index contributed by atoms with van der Waals surface area (Å²) in [6.45, 7) is 2.28. The van der Waals surface area contributed by atoms with Crippen molar-refractivity contribution in [2.75, 3.05) is 5.32 Å². The smallest absolute Gasteiger partial charge is 0.364 e. The first kappa shape index (κ1) is 14.3. The third kappa shape index (κ3) is 3.27. The molecule has 2 heterocycles. The molecule has 0 atom stereocenters. The lowest BCUT2D eigenvalue weighted by atomic mass is 10.2. The van der Waals surface area contributed by atoms with Crippen molar-refractivity contribution in [1.82, 2.24) is 4.98 Å². The van der Waals surface area contributed by atoms with Crippen molar-refractivity contribution >= 4 is 17.2 Å². The molecule has 2 aromatic rings. The van der Waals surface area contributed by atoms with Crippen LogP contribution in [0, 0.1) is 18.3 Å². The summed E-state index contributed by atoms with van der Waals surface area (Å²) in [5.74, 6) is -0.0478. The van der Waals surface area contributed by atoms with Crippen molar-refractivity contribution in [1.29, 1.82) is 5.26 Å². The first-order chi connectivity index (χ1) is 9.40. The van der Waals surface area contributed by atoms with Gasteiger partial charge in [-0.2, -0.15) is 18.4 Å². The highest BCUT2D eigenvalue weighted by Gasteiger charge is 2.33. The lowest BCUT2D eigenvalue weighted by Gasteiger charge is -2.10. The van der Waals surface area contributed by atoms with Crippen LogP contribution in [0.15, 0.2) is 24.3 Å². The number of halogens is 3. The van der Waals surface area contributed by atoms with E-state index in [0.29, 0.717) is 6.54 Å². The second-order valence-corrected chi connectivity index (χ2v) is 5.44. The molecule has 0 aliphatic carbocycles. The van der Waals surface area contributed by atoms with Crippen LogP contribution in [0.25, 0.3) is 0 Å². The molecule has 0 bridgehead atoms. The van der Waals surface area contributed by atoms with Gasteiger partial charge in [-0.05, 0) is 31.2 Å². The Kier molecular flexibility index (Phi) is 3.95. The Labute approximate surface area is 117 Å². The van der Waals surface area contributed by atoms with Gasteiger partial charge in [0.15, 0.2) is 0 Å². The van der Waals surface area contributed by atoms with Crippen LogP contribution >= 0.6 is 11.3 Å². The van der Waals surface area contributed by atoms with Gasteiger partial charge < -0.3 is 5.32 Å². The van der Waals surface area contributed by atoms with Crippen molar-refractivity contribution in [2.24, 2.45) is 0 Å². The number of hydrogen-bond donors (Lipinski definition) is 1. The zero-order valence-electron chi connectivity index (χ0n) is 10.5. The Bertz CT molecular complexity index is 656. The first-order valence-electron chi connectivity index (χ1n) is 5.67. The number of thiophene rings is 1. The van der Waals surface area contributed by atoms with Crippen molar-refractivity contribution in [3.63, 3.8) is 0 Å². The van der Waals surface area contributed by atoms with Crippen LogP contribution in [-0.4, -0.2) is 4.98 Å². The molecule has 0 saturated carbocycles. The summed E-state index contributed by atoms with van der Waals surface area (Å²) in [6, 6.07) is 7.56. The van der Waals surface area contributed by atoms with Crippen LogP contribution in [-0.2, 0) is 12.7 Å². The van der Waals surface area contributed by atoms with E-state index >= 15 is 0 Å². The summed E-state index contributed by atoms with van der Waals surface area (Å²) in [5.41, 5.74) is -0.923. The van der Waals surface area contributed by atoms with E-state index in [0.717, 1.165) is 21.9 Å². The van der Waals surface area contributed by atoms with Gasteiger partial charge in [0.25, 0.3) is 0 Å². The Hall–Kier alpha value is -2.07. The predicted octanol–water partition coefficient (Wildman–Crippen LogP) is 3.95. The zero-order valence-corrected chi connectivity index (χ0v) is 11.3. The molecule has 1 N–H and O–H groups in total. The second kappa shape index (κ2) is 5.51. The molecular formula is C13H10F3N3S. The largest absolute Gasteiger partial charge is 0.433 e. The number of pyridine rings is 1. The van der Waals surface area contributed by atoms with E-state index in [1.165, 1.54) is 11.3 Å². The summed E-state index contributed by atoms with van der Waals surface area (Å²) in [7, 11) is 0. The lowest BCUT2D eigenvalue weighted by Crippen LogP contribution is -2.11. The van der Waals surface area contributed by atoms with E-state index in [1.807, 2.05) is 25.1 Å². The highest BCUT2D eigenvalue weighted by molar-refractivity contribution is 7.11. The van der Waals surface area contributed by atoms with E-state index in [2.05, 4.69) is 10.3 Å². The summed E-state index contributed by atoms with van der Waals surface area (Å²) in [6.07, 6.45) is -4.52. The summed E-state index contributed by atoms with van der Waals surface area (Å²) in [4.78, 5) is 5.56. The maximum Gasteiger partial charge on any atom is 0.433 e. The molecule has 0 unspecified atom stereocenters. The fourth-order valence-corrected chi connectivity index (χ4v) is 2.42. The van der Waals surface area contributed by atoms with Gasteiger partial charge in [-0.15, -0.1) is 11.3 Å². The number of hydrogen-bond acceptors (Lipinski definition) is 4. The molecule has 2 aromatic heterocycles. The number of nitrogens with one attached hydrogen (secondary N) is 1. The van der Waals surface area contributed by atoms with Gasteiger partial charge in [0.2, 0.25) is 0 Å². The topological polar surface area (TPSA) is 48.7 Å². The molecule has 0 aromatic carbocycles. The minimum atomic E-state index is -4.52. The van der Waals surface area contributed by atoms with Crippen LogP contribution in [0.1, 0.15) is 21.0 Å². The van der Waals surface area contributed by atoms with Crippen LogP contribution in [0.5, 0.6) is 0 Å². The van der Waals surface area contributed by atoms with Gasteiger partial charge in [-0.25, -0.2) is 4.98 Å². The number of aryl methyl sites for hydroxylation is 1. The van der Waals surface area contributed by atoms with Gasteiger partial charge in [0.1, 0.15) is 17.6 Å². The summed E-state index contributed by atoms with van der Waals surface area (Å²) >= 11 is 1.53. The third-order valence-electron chi connectivity index (χ3n) is 2.53. The molecule has 0 spiro atoms. The predicted molar refractivity (Wildman–Crippen MR) is 70.3 cm³/mol.